The molecule has 0 aliphatic heterocycles. The Morgan fingerprint density at radius 2 is 2.00 bits per heavy atom. The van der Waals surface area contributed by atoms with E-state index in [4.69, 9.17) is 10.5 Å². The molecule has 18 heavy (non-hydrogen) atoms. The van der Waals surface area contributed by atoms with E-state index in [0.29, 0.717) is 12.5 Å². The normalized spacial score (nSPS) is 16.2. The van der Waals surface area contributed by atoms with Crippen molar-refractivity contribution in [1.82, 2.24) is 0 Å². The van der Waals surface area contributed by atoms with Crippen LogP contribution in [0.4, 0.5) is 0 Å². The molecule has 3 nitrogen and oxygen atoms in total. The van der Waals surface area contributed by atoms with E-state index in [1.165, 1.54) is 0 Å². The van der Waals surface area contributed by atoms with Gasteiger partial charge >= 0.3 is 0 Å². The van der Waals surface area contributed by atoms with Crippen LogP contribution in [0.1, 0.15) is 32.3 Å². The van der Waals surface area contributed by atoms with E-state index in [9.17, 15) is 5.11 Å². The molecule has 0 spiro atoms. The van der Waals surface area contributed by atoms with Crippen LogP contribution in [-0.4, -0.2) is 24.9 Å². The summed E-state index contributed by atoms with van der Waals surface area (Å²) in [5.41, 5.74) is 5.42. The first-order valence-corrected chi connectivity index (χ1v) is 6.68. The van der Waals surface area contributed by atoms with Crippen LogP contribution in [0.5, 0.6) is 0 Å². The second-order valence-corrected chi connectivity index (χ2v) is 5.01. The molecule has 102 valence electrons. The number of ether oxygens (including phenoxy) is 1. The van der Waals surface area contributed by atoms with Crippen molar-refractivity contribution < 1.29 is 9.84 Å². The van der Waals surface area contributed by atoms with Gasteiger partial charge in [0.1, 0.15) is 5.60 Å². The van der Waals surface area contributed by atoms with E-state index in [1.807, 2.05) is 30.3 Å². The zero-order chi connectivity index (χ0) is 13.4. The maximum absolute atomic E-state index is 10.5. The number of hydrogen-bond acceptors (Lipinski definition) is 3. The quantitative estimate of drug-likeness (QED) is 0.745. The summed E-state index contributed by atoms with van der Waals surface area (Å²) in [4.78, 5) is 0. The van der Waals surface area contributed by atoms with Crippen LogP contribution in [0.3, 0.4) is 0 Å². The maximum atomic E-state index is 10.5. The van der Waals surface area contributed by atoms with Gasteiger partial charge in [0.15, 0.2) is 0 Å². The highest BCUT2D eigenvalue weighted by molar-refractivity contribution is 5.22. The molecule has 0 amide bonds. The Balaban J connectivity index is 2.51. The number of nitrogens with two attached hydrogens (primary N) is 1. The van der Waals surface area contributed by atoms with E-state index >= 15 is 0 Å². The van der Waals surface area contributed by atoms with Gasteiger partial charge in [-0.15, -0.1) is 0 Å². The molecule has 1 aromatic rings. The van der Waals surface area contributed by atoms with Crippen molar-refractivity contribution in [2.75, 3.05) is 19.8 Å². The summed E-state index contributed by atoms with van der Waals surface area (Å²) in [6, 6.07) is 9.48. The van der Waals surface area contributed by atoms with Crippen LogP contribution in [0.15, 0.2) is 30.3 Å². The van der Waals surface area contributed by atoms with Gasteiger partial charge in [-0.25, -0.2) is 0 Å². The molecule has 0 fully saturated rings. The van der Waals surface area contributed by atoms with Crippen LogP contribution in [0.2, 0.25) is 0 Å². The van der Waals surface area contributed by atoms with Gasteiger partial charge in [0, 0.05) is 13.2 Å². The fraction of sp³-hybridized carbons (Fsp3) is 0.600. The van der Waals surface area contributed by atoms with Crippen molar-refractivity contribution in [2.24, 2.45) is 11.7 Å². The lowest BCUT2D eigenvalue weighted by atomic mass is 9.95. The number of aliphatic hydroxyl groups is 1. The summed E-state index contributed by atoms with van der Waals surface area (Å²) in [5.74, 6) is 0.521. The monoisotopic (exact) mass is 251 g/mol. The molecular weight excluding hydrogens is 226 g/mol. The minimum atomic E-state index is -1.08. The predicted octanol–water partition coefficient (Wildman–Crippen LogP) is 2.29. The van der Waals surface area contributed by atoms with Gasteiger partial charge in [0.25, 0.3) is 0 Å². The summed E-state index contributed by atoms with van der Waals surface area (Å²) in [5, 5.41) is 10.5. The Morgan fingerprint density at radius 3 is 2.56 bits per heavy atom. The van der Waals surface area contributed by atoms with Gasteiger partial charge in [-0.1, -0.05) is 50.6 Å². The summed E-state index contributed by atoms with van der Waals surface area (Å²) in [6.07, 6.45) is 2.30. The molecule has 1 aromatic carbocycles. The summed E-state index contributed by atoms with van der Waals surface area (Å²) < 4.78 is 5.63. The van der Waals surface area contributed by atoms with Crippen molar-refractivity contribution in [2.45, 2.75) is 32.3 Å². The first-order chi connectivity index (χ1) is 8.62. The molecule has 0 aliphatic rings. The number of rotatable bonds is 8. The highest BCUT2D eigenvalue weighted by Crippen LogP contribution is 2.20. The largest absolute Gasteiger partial charge is 0.381 e. The molecule has 0 aliphatic carbocycles. The molecule has 3 N–H and O–H groups in total. The minimum Gasteiger partial charge on any atom is -0.381 e. The maximum Gasteiger partial charge on any atom is 0.125 e. The SMILES string of the molecule is CCCC(C)COCC(O)(CN)c1ccccc1. The van der Waals surface area contributed by atoms with Gasteiger partial charge in [0.2, 0.25) is 0 Å². The summed E-state index contributed by atoms with van der Waals surface area (Å²) in [6.45, 7) is 5.41. The lowest BCUT2D eigenvalue weighted by Gasteiger charge is -2.27. The second kappa shape index (κ2) is 7.52. The van der Waals surface area contributed by atoms with Gasteiger partial charge in [-0.2, -0.15) is 0 Å². The Hall–Kier alpha value is -0.900. The van der Waals surface area contributed by atoms with Crippen molar-refractivity contribution in [3.05, 3.63) is 35.9 Å². The van der Waals surface area contributed by atoms with Gasteiger partial charge < -0.3 is 15.6 Å². The Bertz CT molecular complexity index is 329. The molecule has 0 saturated heterocycles. The summed E-state index contributed by atoms with van der Waals surface area (Å²) >= 11 is 0. The Morgan fingerprint density at radius 1 is 1.33 bits per heavy atom. The topological polar surface area (TPSA) is 55.5 Å². The minimum absolute atomic E-state index is 0.166. The van der Waals surface area contributed by atoms with E-state index in [-0.39, 0.29) is 13.2 Å². The fourth-order valence-corrected chi connectivity index (χ4v) is 2.01. The zero-order valence-corrected chi connectivity index (χ0v) is 11.4. The number of benzene rings is 1. The third-order valence-corrected chi connectivity index (χ3v) is 3.17. The van der Waals surface area contributed by atoms with Crippen molar-refractivity contribution in [1.29, 1.82) is 0 Å². The third kappa shape index (κ3) is 4.41. The Kier molecular flexibility index (Phi) is 6.33. The van der Waals surface area contributed by atoms with Crippen LogP contribution in [-0.2, 0) is 10.3 Å². The zero-order valence-electron chi connectivity index (χ0n) is 11.4. The smallest absolute Gasteiger partial charge is 0.125 e. The lowest BCUT2D eigenvalue weighted by Crippen LogP contribution is -2.40. The molecule has 1 rings (SSSR count). The molecule has 0 saturated carbocycles. The van der Waals surface area contributed by atoms with E-state index in [2.05, 4.69) is 13.8 Å². The fourth-order valence-electron chi connectivity index (χ4n) is 2.01. The van der Waals surface area contributed by atoms with Gasteiger partial charge in [-0.05, 0) is 17.9 Å². The van der Waals surface area contributed by atoms with Crippen molar-refractivity contribution >= 4 is 0 Å². The van der Waals surface area contributed by atoms with Gasteiger partial charge in [0.05, 0.1) is 6.61 Å². The molecule has 0 heterocycles. The summed E-state index contributed by atoms with van der Waals surface area (Å²) in [7, 11) is 0. The Labute approximate surface area is 110 Å². The van der Waals surface area contributed by atoms with E-state index < -0.39 is 5.60 Å². The van der Waals surface area contributed by atoms with Crippen LogP contribution >= 0.6 is 0 Å². The number of hydrogen-bond donors (Lipinski definition) is 2. The van der Waals surface area contributed by atoms with Crippen molar-refractivity contribution in [3.8, 4) is 0 Å². The van der Waals surface area contributed by atoms with Crippen LogP contribution < -0.4 is 5.73 Å². The second-order valence-electron chi connectivity index (χ2n) is 5.01. The molecule has 0 aromatic heterocycles. The molecule has 3 heteroatoms. The van der Waals surface area contributed by atoms with Crippen LogP contribution in [0, 0.1) is 5.92 Å². The molecule has 0 radical (unpaired) electrons. The highest BCUT2D eigenvalue weighted by atomic mass is 16.5. The highest BCUT2D eigenvalue weighted by Gasteiger charge is 2.27. The van der Waals surface area contributed by atoms with E-state index in [1.54, 1.807) is 0 Å². The predicted molar refractivity (Wildman–Crippen MR) is 74.3 cm³/mol. The van der Waals surface area contributed by atoms with Crippen molar-refractivity contribution in [3.63, 3.8) is 0 Å². The molecular formula is C15H25NO2. The first-order valence-electron chi connectivity index (χ1n) is 6.68. The molecule has 2 atom stereocenters. The first kappa shape index (κ1) is 15.2. The lowest BCUT2D eigenvalue weighted by molar-refractivity contribution is -0.0518. The third-order valence-electron chi connectivity index (χ3n) is 3.17. The van der Waals surface area contributed by atoms with E-state index in [0.717, 1.165) is 18.4 Å². The van der Waals surface area contributed by atoms with Crippen LogP contribution in [0.25, 0.3) is 0 Å². The van der Waals surface area contributed by atoms with Gasteiger partial charge in [-0.3, -0.25) is 0 Å². The molecule has 2 unspecified atom stereocenters. The molecule has 0 bridgehead atoms. The average molecular weight is 251 g/mol. The average Bonchev–Trinajstić information content (AvgIpc) is 2.40. The standard InChI is InChI=1S/C15H25NO2/c1-3-7-13(2)10-18-12-15(17,11-16)14-8-5-4-6-9-14/h4-6,8-9,13,17H,3,7,10-12,16H2,1-2H3.